The Hall–Kier alpha value is -3.06. The summed E-state index contributed by atoms with van der Waals surface area (Å²) < 4.78 is 0. The zero-order valence-corrected chi connectivity index (χ0v) is 15.4. The first-order chi connectivity index (χ1) is 13.3. The van der Waals surface area contributed by atoms with Gasteiger partial charge in [-0.15, -0.1) is 0 Å². The molecule has 27 heavy (non-hydrogen) atoms. The molecule has 1 unspecified atom stereocenters. The zero-order chi connectivity index (χ0) is 18.4. The van der Waals surface area contributed by atoms with E-state index >= 15 is 0 Å². The van der Waals surface area contributed by atoms with Gasteiger partial charge in [0.25, 0.3) is 0 Å². The first-order valence-corrected chi connectivity index (χ1v) is 9.71. The van der Waals surface area contributed by atoms with Gasteiger partial charge >= 0.3 is 0 Å². The van der Waals surface area contributed by atoms with E-state index < -0.39 is 0 Å². The van der Waals surface area contributed by atoms with E-state index in [1.54, 1.807) is 12.1 Å². The first-order valence-electron chi connectivity index (χ1n) is 9.71. The lowest BCUT2D eigenvalue weighted by Gasteiger charge is -2.22. The molecule has 0 aliphatic heterocycles. The van der Waals surface area contributed by atoms with Crippen molar-refractivity contribution in [2.24, 2.45) is 0 Å². The normalized spacial score (nSPS) is 12.9. The summed E-state index contributed by atoms with van der Waals surface area (Å²) in [4.78, 5) is 0. The number of rotatable bonds is 4. The van der Waals surface area contributed by atoms with E-state index in [4.69, 9.17) is 0 Å². The van der Waals surface area contributed by atoms with Crippen molar-refractivity contribution in [3.63, 3.8) is 0 Å². The Balaban J connectivity index is 1.86. The molecule has 0 aliphatic rings. The van der Waals surface area contributed by atoms with Gasteiger partial charge < -0.3 is 5.11 Å². The third kappa shape index (κ3) is 2.54. The van der Waals surface area contributed by atoms with E-state index in [2.05, 4.69) is 73.7 Å². The highest BCUT2D eigenvalue weighted by molar-refractivity contribution is 6.23. The Morgan fingerprint density at radius 3 is 2.15 bits per heavy atom. The quantitative estimate of drug-likeness (QED) is 0.339. The molecule has 1 heteroatoms. The number of hydrogen-bond donors (Lipinski definition) is 1. The molecule has 1 nitrogen and oxygen atoms in total. The average molecular weight is 350 g/mol. The van der Waals surface area contributed by atoms with Crippen LogP contribution in [0.5, 0.6) is 5.75 Å². The van der Waals surface area contributed by atoms with Crippen LogP contribution in [0.2, 0.25) is 0 Å². The zero-order valence-electron chi connectivity index (χ0n) is 15.4. The predicted octanol–water partition coefficient (Wildman–Crippen LogP) is 7.22. The summed E-state index contributed by atoms with van der Waals surface area (Å²) >= 11 is 0. The maximum atomic E-state index is 9.72. The Morgan fingerprint density at radius 2 is 1.41 bits per heavy atom. The predicted molar refractivity (Wildman–Crippen MR) is 115 cm³/mol. The molecule has 0 saturated carbocycles. The lowest BCUT2D eigenvalue weighted by molar-refractivity contribution is 0.475. The van der Waals surface area contributed by atoms with E-state index in [1.165, 1.54) is 43.4 Å². The number of benzene rings is 5. The molecule has 0 aromatic heterocycles. The van der Waals surface area contributed by atoms with E-state index in [0.29, 0.717) is 11.7 Å². The van der Waals surface area contributed by atoms with Crippen molar-refractivity contribution in [2.75, 3.05) is 0 Å². The molecule has 1 atom stereocenters. The summed E-state index contributed by atoms with van der Waals surface area (Å²) in [6, 6.07) is 27.8. The van der Waals surface area contributed by atoms with Crippen molar-refractivity contribution in [1.82, 2.24) is 0 Å². The van der Waals surface area contributed by atoms with E-state index in [1.807, 2.05) is 0 Å². The van der Waals surface area contributed by atoms with E-state index in [-0.39, 0.29) is 0 Å². The second-order valence-electron chi connectivity index (χ2n) is 7.45. The van der Waals surface area contributed by atoms with Crippen molar-refractivity contribution >= 4 is 32.3 Å². The third-order valence-electron chi connectivity index (χ3n) is 5.79. The molecule has 132 valence electrons. The Bertz CT molecular complexity index is 1230. The minimum atomic E-state index is 0.323. The second kappa shape index (κ2) is 6.28. The molecule has 0 heterocycles. The average Bonchev–Trinajstić information content (AvgIpc) is 2.71. The van der Waals surface area contributed by atoms with Crippen LogP contribution in [-0.4, -0.2) is 5.11 Å². The van der Waals surface area contributed by atoms with Crippen LogP contribution in [0.1, 0.15) is 36.8 Å². The Kier molecular flexibility index (Phi) is 3.75. The highest BCUT2D eigenvalue weighted by Crippen LogP contribution is 2.41. The molecule has 0 bridgehead atoms. The molecule has 5 aromatic carbocycles. The van der Waals surface area contributed by atoms with Gasteiger partial charge in [-0.1, -0.05) is 74.0 Å². The van der Waals surface area contributed by atoms with Crippen molar-refractivity contribution in [3.8, 4) is 5.75 Å². The SMILES string of the molecule is CCCC(c1ccc(O)cc1)c1cc2cccc3ccc4cccc1c4c32. The molecule has 1 N–H and O–H groups in total. The van der Waals surface area contributed by atoms with Crippen molar-refractivity contribution in [3.05, 3.63) is 90.0 Å². The largest absolute Gasteiger partial charge is 0.508 e. The molecule has 0 saturated heterocycles. The standard InChI is InChI=1S/C26H22O/c1-2-5-22(17-12-14-21(27)15-13-17)24-16-20-8-3-6-18-10-11-19-7-4-9-23(24)26(19)25(18)20/h3-4,6-16,22,27H,2,5H2,1H3. The molecule has 5 rings (SSSR count). The van der Waals surface area contributed by atoms with Crippen LogP contribution >= 0.6 is 0 Å². The van der Waals surface area contributed by atoms with Gasteiger partial charge in [0.05, 0.1) is 0 Å². The van der Waals surface area contributed by atoms with E-state index in [0.717, 1.165) is 12.8 Å². The fourth-order valence-corrected chi connectivity index (χ4v) is 4.58. The molecule has 0 amide bonds. The molecule has 0 aliphatic carbocycles. The summed E-state index contributed by atoms with van der Waals surface area (Å²) in [5, 5.41) is 17.7. The number of phenolic OH excluding ortho intramolecular Hbond substituents is 1. The summed E-state index contributed by atoms with van der Waals surface area (Å²) in [6.45, 7) is 2.24. The lowest BCUT2D eigenvalue weighted by Crippen LogP contribution is -2.02. The maximum Gasteiger partial charge on any atom is 0.115 e. The number of hydrogen-bond acceptors (Lipinski definition) is 1. The van der Waals surface area contributed by atoms with Gasteiger partial charge in [-0.3, -0.25) is 0 Å². The summed E-state index contributed by atoms with van der Waals surface area (Å²) in [7, 11) is 0. The molecule has 0 radical (unpaired) electrons. The van der Waals surface area contributed by atoms with Crippen LogP contribution in [0, 0.1) is 0 Å². The highest BCUT2D eigenvalue weighted by Gasteiger charge is 2.19. The smallest absolute Gasteiger partial charge is 0.115 e. The summed E-state index contributed by atoms with van der Waals surface area (Å²) in [5.74, 6) is 0.647. The minimum Gasteiger partial charge on any atom is -0.508 e. The van der Waals surface area contributed by atoms with Crippen LogP contribution in [0.15, 0.2) is 78.9 Å². The second-order valence-corrected chi connectivity index (χ2v) is 7.45. The lowest BCUT2D eigenvalue weighted by atomic mass is 9.82. The van der Waals surface area contributed by atoms with Gasteiger partial charge in [-0.05, 0) is 68.1 Å². The number of phenols is 1. The third-order valence-corrected chi connectivity index (χ3v) is 5.79. The van der Waals surface area contributed by atoms with Crippen LogP contribution in [-0.2, 0) is 0 Å². The molecular weight excluding hydrogens is 328 g/mol. The van der Waals surface area contributed by atoms with Crippen LogP contribution in [0.4, 0.5) is 0 Å². The summed E-state index contributed by atoms with van der Waals surface area (Å²) in [5.41, 5.74) is 2.66. The molecule has 0 spiro atoms. The topological polar surface area (TPSA) is 20.2 Å². The van der Waals surface area contributed by atoms with Crippen LogP contribution < -0.4 is 0 Å². The van der Waals surface area contributed by atoms with Crippen molar-refractivity contribution in [1.29, 1.82) is 0 Å². The van der Waals surface area contributed by atoms with E-state index in [9.17, 15) is 5.11 Å². The van der Waals surface area contributed by atoms with Crippen molar-refractivity contribution in [2.45, 2.75) is 25.7 Å². The van der Waals surface area contributed by atoms with Gasteiger partial charge in [0.2, 0.25) is 0 Å². The monoisotopic (exact) mass is 350 g/mol. The summed E-state index contributed by atoms with van der Waals surface area (Å²) in [6.07, 6.45) is 2.20. The van der Waals surface area contributed by atoms with Gasteiger partial charge in [-0.25, -0.2) is 0 Å². The molecule has 0 fully saturated rings. The van der Waals surface area contributed by atoms with Gasteiger partial charge in [0.1, 0.15) is 5.75 Å². The van der Waals surface area contributed by atoms with Gasteiger partial charge in [-0.2, -0.15) is 0 Å². The van der Waals surface area contributed by atoms with Gasteiger partial charge in [0, 0.05) is 5.92 Å². The van der Waals surface area contributed by atoms with Crippen LogP contribution in [0.25, 0.3) is 32.3 Å². The number of aromatic hydroxyl groups is 1. The maximum absolute atomic E-state index is 9.72. The first kappa shape index (κ1) is 16.1. The Labute approximate surface area is 159 Å². The van der Waals surface area contributed by atoms with Crippen molar-refractivity contribution < 1.29 is 5.11 Å². The highest BCUT2D eigenvalue weighted by atomic mass is 16.3. The van der Waals surface area contributed by atoms with Crippen LogP contribution in [0.3, 0.4) is 0 Å². The fraction of sp³-hybridized carbons (Fsp3) is 0.154. The minimum absolute atomic E-state index is 0.323. The molecule has 5 aromatic rings. The fourth-order valence-electron chi connectivity index (χ4n) is 4.58. The van der Waals surface area contributed by atoms with Gasteiger partial charge in [0.15, 0.2) is 0 Å². The molecular formula is C26H22O. The Morgan fingerprint density at radius 1 is 0.741 bits per heavy atom.